The summed E-state index contributed by atoms with van der Waals surface area (Å²) in [5.41, 5.74) is 4.77. The molecule has 0 atom stereocenters. The number of carbonyl (C=O) groups excluding carboxylic acids is 1. The van der Waals surface area contributed by atoms with E-state index in [1.807, 2.05) is 60.7 Å². The summed E-state index contributed by atoms with van der Waals surface area (Å²) in [7, 11) is 0. The molecule has 35 heavy (non-hydrogen) atoms. The van der Waals surface area contributed by atoms with Crippen LogP contribution in [0, 0.1) is 0 Å². The molecule has 0 spiro atoms. The summed E-state index contributed by atoms with van der Waals surface area (Å²) in [6.45, 7) is 2.93. The van der Waals surface area contributed by atoms with E-state index in [0.29, 0.717) is 11.5 Å². The lowest BCUT2D eigenvalue weighted by molar-refractivity contribution is 0.0909. The number of aromatic nitrogens is 2. The summed E-state index contributed by atoms with van der Waals surface area (Å²) in [5.74, 6) is 0.448. The summed E-state index contributed by atoms with van der Waals surface area (Å²) < 4.78 is 0. The number of likely N-dealkylation sites (tertiary alicyclic amines) is 1. The monoisotopic (exact) mass is 463 g/mol. The molecule has 1 saturated heterocycles. The van der Waals surface area contributed by atoms with Crippen molar-refractivity contribution in [3.8, 4) is 11.1 Å². The fourth-order valence-corrected chi connectivity index (χ4v) is 4.39. The predicted molar refractivity (Wildman–Crippen MR) is 139 cm³/mol. The van der Waals surface area contributed by atoms with E-state index in [9.17, 15) is 4.79 Å². The van der Waals surface area contributed by atoms with Gasteiger partial charge in [0.05, 0.1) is 0 Å². The molecule has 6 heteroatoms. The van der Waals surface area contributed by atoms with Gasteiger partial charge in [0.2, 0.25) is 5.95 Å². The number of carbonyl (C=O) groups is 1. The Morgan fingerprint density at radius 3 is 2.23 bits per heavy atom. The van der Waals surface area contributed by atoms with Gasteiger partial charge in [-0.25, -0.2) is 9.97 Å². The number of anilines is 2. The van der Waals surface area contributed by atoms with Gasteiger partial charge in [0, 0.05) is 54.9 Å². The molecule has 1 aliphatic rings. The second-order valence-corrected chi connectivity index (χ2v) is 8.88. The van der Waals surface area contributed by atoms with Crippen LogP contribution >= 0.6 is 0 Å². The van der Waals surface area contributed by atoms with Crippen LogP contribution in [0.4, 0.5) is 11.6 Å². The summed E-state index contributed by atoms with van der Waals surface area (Å²) >= 11 is 0. The Hall–Kier alpha value is -4.03. The lowest BCUT2D eigenvalue weighted by Gasteiger charge is -2.32. The van der Waals surface area contributed by atoms with E-state index in [4.69, 9.17) is 0 Å². The molecule has 0 saturated carbocycles. The molecule has 0 radical (unpaired) electrons. The van der Waals surface area contributed by atoms with Crippen molar-refractivity contribution >= 4 is 17.5 Å². The standard InChI is InChI=1S/C29H29N5O/c35-28(32-26-14-16-34(17-15-26)21-22-8-3-1-4-9-22)24-12-7-13-27(18-24)33-29-30-19-25(20-31-29)23-10-5-2-6-11-23/h1-13,18-20,26H,14-17,21H2,(H,32,35)(H,30,31,33). The molecule has 5 rings (SSSR count). The lowest BCUT2D eigenvalue weighted by Crippen LogP contribution is -2.44. The van der Waals surface area contributed by atoms with Crippen molar-refractivity contribution in [3.63, 3.8) is 0 Å². The maximum atomic E-state index is 12.9. The van der Waals surface area contributed by atoms with E-state index in [1.54, 1.807) is 12.4 Å². The van der Waals surface area contributed by atoms with Crippen molar-refractivity contribution in [3.05, 3.63) is 108 Å². The topological polar surface area (TPSA) is 70.2 Å². The van der Waals surface area contributed by atoms with Crippen molar-refractivity contribution in [1.82, 2.24) is 20.2 Å². The zero-order chi connectivity index (χ0) is 23.9. The van der Waals surface area contributed by atoms with Crippen LogP contribution in [0.5, 0.6) is 0 Å². The van der Waals surface area contributed by atoms with Gasteiger partial charge in [-0.05, 0) is 42.2 Å². The van der Waals surface area contributed by atoms with Crippen molar-refractivity contribution < 1.29 is 4.79 Å². The average Bonchev–Trinajstić information content (AvgIpc) is 2.91. The SMILES string of the molecule is O=C(NC1CCN(Cc2ccccc2)CC1)c1cccc(Nc2ncc(-c3ccccc3)cn2)c1. The molecule has 0 aliphatic carbocycles. The second kappa shape index (κ2) is 10.9. The molecule has 0 bridgehead atoms. The van der Waals surface area contributed by atoms with Crippen molar-refractivity contribution in [2.75, 3.05) is 18.4 Å². The van der Waals surface area contributed by atoms with E-state index in [-0.39, 0.29) is 11.9 Å². The van der Waals surface area contributed by atoms with Crippen LogP contribution in [-0.4, -0.2) is 39.9 Å². The normalized spacial score (nSPS) is 14.4. The highest BCUT2D eigenvalue weighted by Crippen LogP contribution is 2.20. The Morgan fingerprint density at radius 1 is 0.829 bits per heavy atom. The summed E-state index contributed by atoms with van der Waals surface area (Å²) in [5, 5.41) is 6.41. The Balaban J connectivity index is 1.14. The average molecular weight is 464 g/mol. The fourth-order valence-electron chi connectivity index (χ4n) is 4.39. The van der Waals surface area contributed by atoms with Gasteiger partial charge in [-0.15, -0.1) is 0 Å². The Labute approximate surface area is 206 Å². The van der Waals surface area contributed by atoms with Crippen molar-refractivity contribution in [2.24, 2.45) is 0 Å². The Kier molecular flexibility index (Phi) is 7.10. The lowest BCUT2D eigenvalue weighted by atomic mass is 10.0. The fraction of sp³-hybridized carbons (Fsp3) is 0.207. The van der Waals surface area contributed by atoms with Crippen LogP contribution in [0.2, 0.25) is 0 Å². The van der Waals surface area contributed by atoms with Gasteiger partial charge in [-0.1, -0.05) is 66.7 Å². The predicted octanol–water partition coefficient (Wildman–Crippen LogP) is 5.28. The highest BCUT2D eigenvalue weighted by Gasteiger charge is 2.21. The number of rotatable bonds is 7. The number of hydrogen-bond donors (Lipinski definition) is 2. The number of nitrogens with one attached hydrogen (secondary N) is 2. The zero-order valence-electron chi connectivity index (χ0n) is 19.6. The van der Waals surface area contributed by atoms with Crippen LogP contribution in [0.1, 0.15) is 28.8 Å². The third-order valence-corrected chi connectivity index (χ3v) is 6.31. The third kappa shape index (κ3) is 6.11. The van der Waals surface area contributed by atoms with Crippen molar-refractivity contribution in [1.29, 1.82) is 0 Å². The highest BCUT2D eigenvalue weighted by atomic mass is 16.1. The third-order valence-electron chi connectivity index (χ3n) is 6.31. The Morgan fingerprint density at radius 2 is 1.51 bits per heavy atom. The number of benzene rings is 3. The first-order chi connectivity index (χ1) is 17.2. The first kappa shape index (κ1) is 22.7. The molecule has 6 nitrogen and oxygen atoms in total. The van der Waals surface area contributed by atoms with Gasteiger partial charge in [0.15, 0.2) is 0 Å². The molecule has 1 aromatic heterocycles. The van der Waals surface area contributed by atoms with Crippen LogP contribution in [-0.2, 0) is 6.54 Å². The molecular weight excluding hydrogens is 434 g/mol. The molecule has 3 aromatic carbocycles. The van der Waals surface area contributed by atoms with Crippen LogP contribution in [0.3, 0.4) is 0 Å². The first-order valence-corrected chi connectivity index (χ1v) is 12.0. The van der Waals surface area contributed by atoms with E-state index < -0.39 is 0 Å². The van der Waals surface area contributed by atoms with Gasteiger partial charge in [0.1, 0.15) is 0 Å². The number of hydrogen-bond acceptors (Lipinski definition) is 5. The van der Waals surface area contributed by atoms with Crippen LogP contribution < -0.4 is 10.6 Å². The van der Waals surface area contributed by atoms with E-state index in [2.05, 4.69) is 49.8 Å². The molecule has 1 amide bonds. The smallest absolute Gasteiger partial charge is 0.251 e. The first-order valence-electron chi connectivity index (χ1n) is 12.0. The molecule has 2 N–H and O–H groups in total. The van der Waals surface area contributed by atoms with E-state index in [1.165, 1.54) is 5.56 Å². The molecule has 176 valence electrons. The molecule has 4 aromatic rings. The van der Waals surface area contributed by atoms with Gasteiger partial charge >= 0.3 is 0 Å². The molecular formula is C29H29N5O. The molecule has 1 fully saturated rings. The quantitative estimate of drug-likeness (QED) is 0.390. The Bertz CT molecular complexity index is 1240. The maximum Gasteiger partial charge on any atom is 0.251 e. The zero-order valence-corrected chi connectivity index (χ0v) is 19.6. The van der Waals surface area contributed by atoms with Crippen LogP contribution in [0.25, 0.3) is 11.1 Å². The minimum absolute atomic E-state index is 0.0458. The summed E-state index contributed by atoms with van der Waals surface area (Å²) in [6, 6.07) is 28.2. The number of nitrogens with zero attached hydrogens (tertiary/aromatic N) is 3. The van der Waals surface area contributed by atoms with E-state index >= 15 is 0 Å². The van der Waals surface area contributed by atoms with Crippen LogP contribution in [0.15, 0.2) is 97.3 Å². The minimum Gasteiger partial charge on any atom is -0.349 e. The van der Waals surface area contributed by atoms with Crippen molar-refractivity contribution in [2.45, 2.75) is 25.4 Å². The van der Waals surface area contributed by atoms with Gasteiger partial charge in [0.25, 0.3) is 5.91 Å². The minimum atomic E-state index is -0.0458. The maximum absolute atomic E-state index is 12.9. The summed E-state index contributed by atoms with van der Waals surface area (Å²) in [4.78, 5) is 24.2. The van der Waals surface area contributed by atoms with E-state index in [0.717, 1.165) is 49.3 Å². The summed E-state index contributed by atoms with van der Waals surface area (Å²) in [6.07, 6.45) is 5.51. The highest BCUT2D eigenvalue weighted by molar-refractivity contribution is 5.95. The largest absolute Gasteiger partial charge is 0.349 e. The molecule has 1 aliphatic heterocycles. The second-order valence-electron chi connectivity index (χ2n) is 8.88. The van der Waals surface area contributed by atoms with Gasteiger partial charge in [-0.3, -0.25) is 9.69 Å². The molecule has 2 heterocycles. The molecule has 0 unspecified atom stereocenters. The van der Waals surface area contributed by atoms with Gasteiger partial charge < -0.3 is 10.6 Å². The number of amides is 1. The number of piperidine rings is 1. The van der Waals surface area contributed by atoms with Gasteiger partial charge in [-0.2, -0.15) is 0 Å².